The fourth-order valence-electron chi connectivity index (χ4n) is 11.9. The molecule has 0 aromatic rings. The van der Waals surface area contributed by atoms with Gasteiger partial charge in [0.05, 0.1) is 25.4 Å². The van der Waals surface area contributed by atoms with Crippen LogP contribution in [-0.4, -0.2) is 110 Å². The molecular formula is C70H137NO10. The lowest BCUT2D eigenvalue weighted by atomic mass is 9.98. The maximum absolute atomic E-state index is 13.3. The molecule has 0 radical (unpaired) electrons. The number of ether oxygens (including phenoxy) is 2. The molecule has 1 aliphatic heterocycles. The lowest BCUT2D eigenvalue weighted by molar-refractivity contribution is -0.303. The van der Waals surface area contributed by atoms with Crippen LogP contribution in [-0.2, 0) is 14.3 Å². The van der Waals surface area contributed by atoms with Gasteiger partial charge in [0.1, 0.15) is 36.6 Å². The van der Waals surface area contributed by atoms with Crippen molar-refractivity contribution in [2.75, 3.05) is 13.2 Å². The number of unbranched alkanes of at least 4 members (excludes halogenated alkanes) is 49. The van der Waals surface area contributed by atoms with E-state index in [4.69, 9.17) is 9.47 Å². The summed E-state index contributed by atoms with van der Waals surface area (Å²) >= 11 is 0. The Bertz CT molecular complexity index is 1320. The van der Waals surface area contributed by atoms with Gasteiger partial charge in [-0.2, -0.15) is 0 Å². The highest BCUT2D eigenvalue weighted by Gasteiger charge is 2.44. The van der Waals surface area contributed by atoms with E-state index >= 15 is 0 Å². The van der Waals surface area contributed by atoms with Crippen LogP contribution in [0.4, 0.5) is 0 Å². The van der Waals surface area contributed by atoms with Crippen molar-refractivity contribution in [1.82, 2.24) is 5.32 Å². The Balaban J connectivity index is 2.19. The molecule has 11 heteroatoms. The Kier molecular flexibility index (Phi) is 56.9. The molecule has 0 spiro atoms. The van der Waals surface area contributed by atoms with E-state index < -0.39 is 74.2 Å². The first-order valence-corrected chi connectivity index (χ1v) is 35.6. The van der Waals surface area contributed by atoms with Crippen LogP contribution >= 0.6 is 0 Å². The van der Waals surface area contributed by atoms with Crippen LogP contribution in [0.25, 0.3) is 0 Å². The molecule has 1 heterocycles. The predicted molar refractivity (Wildman–Crippen MR) is 339 cm³/mol. The monoisotopic (exact) mass is 1150 g/mol. The summed E-state index contributed by atoms with van der Waals surface area (Å²) in [7, 11) is 0. The van der Waals surface area contributed by atoms with E-state index in [-0.39, 0.29) is 6.42 Å². The van der Waals surface area contributed by atoms with Crippen molar-refractivity contribution >= 4 is 5.91 Å². The summed E-state index contributed by atoms with van der Waals surface area (Å²) in [6, 6.07) is -1.17. The fraction of sp³-hybridized carbons (Fsp3) is 0.957. The average Bonchev–Trinajstić information content (AvgIpc) is 3.51. The molecule has 482 valence electrons. The molecule has 8 N–H and O–H groups in total. The summed E-state index contributed by atoms with van der Waals surface area (Å²) in [6.45, 7) is 3.52. The molecule has 0 aliphatic carbocycles. The van der Waals surface area contributed by atoms with Gasteiger partial charge in [-0.05, 0) is 38.5 Å². The van der Waals surface area contributed by atoms with Crippen molar-refractivity contribution in [3.8, 4) is 0 Å². The number of hydrogen-bond acceptors (Lipinski definition) is 10. The van der Waals surface area contributed by atoms with Crippen molar-refractivity contribution in [2.24, 2.45) is 0 Å². The topological polar surface area (TPSA) is 189 Å². The molecule has 1 aliphatic rings. The summed E-state index contributed by atoms with van der Waals surface area (Å²) in [6.07, 6.45) is 61.5. The van der Waals surface area contributed by atoms with E-state index in [2.05, 4.69) is 31.3 Å². The standard InChI is InChI=1S/C70H137NO10/c1-3-5-7-9-11-13-15-17-19-21-23-25-27-29-31-32-34-36-38-40-42-44-46-48-50-52-54-56-58-63(74)69(79)71-61(60-80-70-68(78)67(77)66(76)64(59-72)81-70)65(75)62(73)57-55-53-51-49-47-45-43-41-39-37-35-33-30-28-26-24-22-20-18-16-14-12-10-8-6-4-2/h29,31,61-68,70,72-78H,3-28,30,32-60H2,1-2H3,(H,71,79)/b31-29-. The second-order valence-corrected chi connectivity index (χ2v) is 25.3. The third-order valence-corrected chi connectivity index (χ3v) is 17.6. The van der Waals surface area contributed by atoms with E-state index in [9.17, 15) is 40.5 Å². The van der Waals surface area contributed by atoms with Crippen molar-refractivity contribution in [1.29, 1.82) is 0 Å². The zero-order valence-electron chi connectivity index (χ0n) is 53.3. The van der Waals surface area contributed by atoms with Gasteiger partial charge < -0.3 is 50.5 Å². The molecule has 0 aromatic carbocycles. The van der Waals surface area contributed by atoms with Gasteiger partial charge in [-0.3, -0.25) is 4.79 Å². The highest BCUT2D eigenvalue weighted by Crippen LogP contribution is 2.24. The van der Waals surface area contributed by atoms with Crippen LogP contribution in [0.3, 0.4) is 0 Å². The fourth-order valence-corrected chi connectivity index (χ4v) is 11.9. The summed E-state index contributed by atoms with van der Waals surface area (Å²) in [5.41, 5.74) is 0. The van der Waals surface area contributed by atoms with Crippen LogP contribution in [0.1, 0.15) is 361 Å². The first-order valence-electron chi connectivity index (χ1n) is 35.6. The number of carbonyl (C=O) groups is 1. The Morgan fingerprint density at radius 2 is 0.716 bits per heavy atom. The van der Waals surface area contributed by atoms with Crippen LogP contribution in [0.5, 0.6) is 0 Å². The Morgan fingerprint density at radius 3 is 1.04 bits per heavy atom. The van der Waals surface area contributed by atoms with E-state index in [0.717, 1.165) is 38.5 Å². The van der Waals surface area contributed by atoms with Crippen LogP contribution in [0, 0.1) is 0 Å². The second kappa shape index (κ2) is 59.2. The molecule has 1 fully saturated rings. The van der Waals surface area contributed by atoms with Crippen molar-refractivity contribution in [3.63, 3.8) is 0 Å². The minimum Gasteiger partial charge on any atom is -0.394 e. The molecule has 0 bridgehead atoms. The maximum Gasteiger partial charge on any atom is 0.249 e. The van der Waals surface area contributed by atoms with Gasteiger partial charge in [-0.1, -0.05) is 334 Å². The molecule has 1 amide bonds. The molecule has 11 nitrogen and oxygen atoms in total. The molecular weight excluding hydrogens is 1010 g/mol. The van der Waals surface area contributed by atoms with Crippen molar-refractivity contribution in [2.45, 2.75) is 416 Å². The Hall–Kier alpha value is -1.15. The van der Waals surface area contributed by atoms with Gasteiger partial charge in [0.25, 0.3) is 0 Å². The molecule has 1 rings (SSSR count). The third kappa shape index (κ3) is 46.7. The zero-order valence-corrected chi connectivity index (χ0v) is 53.3. The van der Waals surface area contributed by atoms with Crippen molar-refractivity contribution < 1.29 is 50.0 Å². The maximum atomic E-state index is 13.3. The van der Waals surface area contributed by atoms with E-state index in [1.54, 1.807) is 0 Å². The van der Waals surface area contributed by atoms with Gasteiger partial charge in [-0.25, -0.2) is 0 Å². The lowest BCUT2D eigenvalue weighted by Crippen LogP contribution is -2.60. The highest BCUT2D eigenvalue weighted by molar-refractivity contribution is 5.80. The Morgan fingerprint density at radius 1 is 0.420 bits per heavy atom. The average molecular weight is 1150 g/mol. The number of aliphatic hydroxyl groups excluding tert-OH is 7. The zero-order chi connectivity index (χ0) is 58.9. The smallest absolute Gasteiger partial charge is 0.249 e. The molecule has 1 saturated heterocycles. The molecule has 9 unspecified atom stereocenters. The van der Waals surface area contributed by atoms with E-state index in [0.29, 0.717) is 19.3 Å². The lowest BCUT2D eigenvalue weighted by Gasteiger charge is -2.40. The third-order valence-electron chi connectivity index (χ3n) is 17.6. The molecule has 0 aromatic heterocycles. The minimum atomic E-state index is -1.66. The number of amides is 1. The van der Waals surface area contributed by atoms with Crippen LogP contribution in [0.2, 0.25) is 0 Å². The predicted octanol–water partition coefficient (Wildman–Crippen LogP) is 17.0. The minimum absolute atomic E-state index is 0.263. The molecule has 81 heavy (non-hydrogen) atoms. The number of nitrogens with one attached hydrogen (secondary N) is 1. The van der Waals surface area contributed by atoms with Gasteiger partial charge in [0.2, 0.25) is 5.91 Å². The largest absolute Gasteiger partial charge is 0.394 e. The first kappa shape index (κ1) is 77.9. The van der Waals surface area contributed by atoms with Crippen LogP contribution < -0.4 is 5.32 Å². The van der Waals surface area contributed by atoms with Gasteiger partial charge in [0.15, 0.2) is 6.29 Å². The van der Waals surface area contributed by atoms with Gasteiger partial charge in [0, 0.05) is 0 Å². The Labute approximate surface area is 500 Å². The quantitative estimate of drug-likeness (QED) is 0.0215. The normalized spacial score (nSPS) is 19.1. The summed E-state index contributed by atoms with van der Waals surface area (Å²) in [4.78, 5) is 13.3. The van der Waals surface area contributed by atoms with Gasteiger partial charge >= 0.3 is 0 Å². The number of rotatable bonds is 63. The van der Waals surface area contributed by atoms with E-state index in [1.165, 1.54) is 283 Å². The van der Waals surface area contributed by atoms with Crippen LogP contribution in [0.15, 0.2) is 12.2 Å². The number of carbonyl (C=O) groups excluding carboxylic acids is 1. The first-order chi connectivity index (χ1) is 39.7. The molecule has 9 atom stereocenters. The van der Waals surface area contributed by atoms with Gasteiger partial charge in [-0.15, -0.1) is 0 Å². The van der Waals surface area contributed by atoms with Crippen molar-refractivity contribution in [3.05, 3.63) is 12.2 Å². The number of hydrogen-bond donors (Lipinski definition) is 8. The number of aliphatic hydroxyl groups is 7. The summed E-state index contributed by atoms with van der Waals surface area (Å²) in [5.74, 6) is -0.689. The number of allylic oxidation sites excluding steroid dienone is 2. The second-order valence-electron chi connectivity index (χ2n) is 25.3. The summed E-state index contributed by atoms with van der Waals surface area (Å²) < 4.78 is 11.2. The molecule has 0 saturated carbocycles. The van der Waals surface area contributed by atoms with E-state index in [1.807, 2.05) is 0 Å². The highest BCUT2D eigenvalue weighted by atomic mass is 16.7. The SMILES string of the molecule is CCCCCCCCCCCCCC/C=C\CCCCCCCCCCCCCCC(O)C(=O)NC(COC1OC(CO)C(O)C(O)C1O)C(O)C(O)CCCCCCCCCCCCCCCCCCCCCCCCCCCC. The summed E-state index contributed by atoms with van der Waals surface area (Å²) in [5, 5.41) is 76.6.